The normalized spacial score (nSPS) is 25.2. The highest BCUT2D eigenvalue weighted by molar-refractivity contribution is 9.10. The van der Waals surface area contributed by atoms with Crippen LogP contribution in [0.2, 0.25) is 0 Å². The van der Waals surface area contributed by atoms with Crippen molar-refractivity contribution in [3.63, 3.8) is 0 Å². The molecule has 1 N–H and O–H groups in total. The van der Waals surface area contributed by atoms with Crippen LogP contribution in [0, 0.1) is 11.8 Å². The first kappa shape index (κ1) is 15.4. The largest absolute Gasteiger partial charge is 0.316 e. The Hall–Kier alpha value is 0.01000. The van der Waals surface area contributed by atoms with Crippen molar-refractivity contribution in [2.45, 2.75) is 43.5 Å². The van der Waals surface area contributed by atoms with Crippen molar-refractivity contribution in [1.82, 2.24) is 5.32 Å². The molecule has 19 heavy (non-hydrogen) atoms. The maximum Gasteiger partial charge on any atom is 0.0187 e. The van der Waals surface area contributed by atoms with Gasteiger partial charge in [-0.3, -0.25) is 0 Å². The Bertz CT molecular complexity index is 396. The molecule has 1 nitrogen and oxygen atoms in total. The van der Waals surface area contributed by atoms with E-state index in [2.05, 4.69) is 59.5 Å². The van der Waals surface area contributed by atoms with Gasteiger partial charge >= 0.3 is 0 Å². The number of hydrogen-bond acceptors (Lipinski definition) is 2. The van der Waals surface area contributed by atoms with E-state index in [4.69, 9.17) is 0 Å². The van der Waals surface area contributed by atoms with Crippen LogP contribution in [0.25, 0.3) is 0 Å². The van der Waals surface area contributed by atoms with E-state index in [9.17, 15) is 0 Å². The molecule has 0 spiro atoms. The van der Waals surface area contributed by atoms with Crippen molar-refractivity contribution >= 4 is 27.7 Å². The number of thioether (sulfide) groups is 1. The van der Waals surface area contributed by atoms with Crippen LogP contribution in [0.1, 0.15) is 32.6 Å². The Labute approximate surface area is 130 Å². The Balaban J connectivity index is 1.88. The fraction of sp³-hybridized carbons (Fsp3) is 0.625. The molecule has 1 aromatic rings. The summed E-state index contributed by atoms with van der Waals surface area (Å²) in [6.07, 6.45) is 5.62. The number of rotatable bonds is 5. The first-order valence-corrected chi connectivity index (χ1v) is 9.02. The minimum absolute atomic E-state index is 0.645. The molecule has 0 bridgehead atoms. The maximum atomic E-state index is 3.54. The summed E-state index contributed by atoms with van der Waals surface area (Å²) in [6, 6.07) is 9.25. The summed E-state index contributed by atoms with van der Waals surface area (Å²) in [5.41, 5.74) is 0. The third kappa shape index (κ3) is 4.80. The highest BCUT2D eigenvalue weighted by Gasteiger charge is 2.25. The molecule has 1 saturated carbocycles. The van der Waals surface area contributed by atoms with Crippen molar-refractivity contribution in [1.29, 1.82) is 0 Å². The molecule has 106 valence electrons. The average Bonchev–Trinajstić information content (AvgIpc) is 2.40. The monoisotopic (exact) mass is 341 g/mol. The molecule has 0 amide bonds. The molecule has 0 heterocycles. The molecular formula is C16H24BrNS. The summed E-state index contributed by atoms with van der Waals surface area (Å²) in [6.45, 7) is 2.40. The summed E-state index contributed by atoms with van der Waals surface area (Å²) >= 11 is 5.51. The van der Waals surface area contributed by atoms with Gasteiger partial charge in [-0.2, -0.15) is 0 Å². The third-order valence-electron chi connectivity index (χ3n) is 4.14. The van der Waals surface area contributed by atoms with Crippen molar-refractivity contribution < 1.29 is 0 Å². The predicted molar refractivity (Wildman–Crippen MR) is 88.8 cm³/mol. The topological polar surface area (TPSA) is 12.0 Å². The second-order valence-electron chi connectivity index (χ2n) is 5.70. The molecule has 0 aromatic heterocycles. The zero-order valence-corrected chi connectivity index (χ0v) is 14.3. The Kier molecular flexibility index (Phi) is 6.24. The van der Waals surface area contributed by atoms with Crippen LogP contribution < -0.4 is 5.32 Å². The van der Waals surface area contributed by atoms with Gasteiger partial charge in [0, 0.05) is 21.2 Å². The van der Waals surface area contributed by atoms with Gasteiger partial charge in [-0.05, 0) is 49.9 Å². The van der Waals surface area contributed by atoms with E-state index in [0.717, 1.165) is 11.8 Å². The molecule has 1 fully saturated rings. The second kappa shape index (κ2) is 7.70. The lowest BCUT2D eigenvalue weighted by Crippen LogP contribution is -2.38. The zero-order valence-electron chi connectivity index (χ0n) is 11.9. The first-order valence-electron chi connectivity index (χ1n) is 7.24. The summed E-state index contributed by atoms with van der Waals surface area (Å²) in [7, 11) is 2.12. The second-order valence-corrected chi connectivity index (χ2v) is 7.70. The fourth-order valence-corrected chi connectivity index (χ4v) is 4.79. The zero-order chi connectivity index (χ0) is 13.7. The molecule has 2 rings (SSSR count). The Morgan fingerprint density at radius 1 is 1.42 bits per heavy atom. The van der Waals surface area contributed by atoms with E-state index in [1.54, 1.807) is 0 Å². The van der Waals surface area contributed by atoms with Gasteiger partial charge in [0.1, 0.15) is 0 Å². The van der Waals surface area contributed by atoms with Gasteiger partial charge in [-0.25, -0.2) is 0 Å². The summed E-state index contributed by atoms with van der Waals surface area (Å²) in [4.78, 5) is 1.36. The quantitative estimate of drug-likeness (QED) is 0.760. The van der Waals surface area contributed by atoms with E-state index in [0.29, 0.717) is 6.04 Å². The Morgan fingerprint density at radius 2 is 2.26 bits per heavy atom. The van der Waals surface area contributed by atoms with E-state index in [1.807, 2.05) is 11.8 Å². The van der Waals surface area contributed by atoms with Crippen molar-refractivity contribution in [3.8, 4) is 0 Å². The van der Waals surface area contributed by atoms with Gasteiger partial charge in [-0.1, -0.05) is 41.8 Å². The van der Waals surface area contributed by atoms with Gasteiger partial charge in [0.25, 0.3) is 0 Å². The van der Waals surface area contributed by atoms with E-state index >= 15 is 0 Å². The molecule has 3 heteroatoms. The van der Waals surface area contributed by atoms with Crippen LogP contribution in [0.3, 0.4) is 0 Å². The lowest BCUT2D eigenvalue weighted by atomic mass is 9.79. The predicted octanol–water partition coefficient (Wildman–Crippen LogP) is 4.96. The summed E-state index contributed by atoms with van der Waals surface area (Å²) in [5.74, 6) is 2.93. The van der Waals surface area contributed by atoms with Crippen LogP contribution in [-0.2, 0) is 0 Å². The number of nitrogens with one attached hydrogen (secondary N) is 1. The van der Waals surface area contributed by atoms with Crippen molar-refractivity contribution in [2.24, 2.45) is 11.8 Å². The molecule has 0 radical (unpaired) electrons. The van der Waals surface area contributed by atoms with Gasteiger partial charge < -0.3 is 5.32 Å². The fourth-order valence-electron chi connectivity index (χ4n) is 3.04. The standard InChI is InChI=1S/C16H24BrNS/c1-12-5-3-6-13(9-12)16(18-2)11-19-15-8-4-7-14(17)10-15/h4,7-8,10,12-13,16,18H,3,5-6,9,11H2,1-2H3. The van der Waals surface area contributed by atoms with Crippen LogP contribution in [0.5, 0.6) is 0 Å². The van der Waals surface area contributed by atoms with Gasteiger partial charge in [0.15, 0.2) is 0 Å². The first-order chi connectivity index (χ1) is 9.19. The summed E-state index contributed by atoms with van der Waals surface area (Å²) < 4.78 is 1.17. The molecule has 0 aliphatic heterocycles. The molecular weight excluding hydrogens is 318 g/mol. The van der Waals surface area contributed by atoms with Crippen molar-refractivity contribution in [2.75, 3.05) is 12.8 Å². The van der Waals surface area contributed by atoms with Gasteiger partial charge in [-0.15, -0.1) is 11.8 Å². The van der Waals surface area contributed by atoms with Crippen LogP contribution in [-0.4, -0.2) is 18.8 Å². The SMILES string of the molecule is CNC(CSc1cccc(Br)c1)C1CCCC(C)C1. The van der Waals surface area contributed by atoms with Crippen LogP contribution in [0.15, 0.2) is 33.6 Å². The van der Waals surface area contributed by atoms with Gasteiger partial charge in [0.05, 0.1) is 0 Å². The molecule has 3 atom stereocenters. The molecule has 0 saturated heterocycles. The highest BCUT2D eigenvalue weighted by atomic mass is 79.9. The minimum Gasteiger partial charge on any atom is -0.316 e. The number of hydrogen-bond donors (Lipinski definition) is 1. The summed E-state index contributed by atoms with van der Waals surface area (Å²) in [5, 5.41) is 3.54. The highest BCUT2D eigenvalue weighted by Crippen LogP contribution is 2.33. The molecule has 1 aliphatic rings. The molecule has 1 aromatic carbocycles. The van der Waals surface area contributed by atoms with E-state index < -0.39 is 0 Å². The lowest BCUT2D eigenvalue weighted by Gasteiger charge is -2.33. The lowest BCUT2D eigenvalue weighted by molar-refractivity contribution is 0.240. The van der Waals surface area contributed by atoms with Crippen LogP contribution in [0.4, 0.5) is 0 Å². The number of benzene rings is 1. The maximum absolute atomic E-state index is 3.54. The minimum atomic E-state index is 0.645. The van der Waals surface area contributed by atoms with Crippen LogP contribution >= 0.6 is 27.7 Å². The Morgan fingerprint density at radius 3 is 2.95 bits per heavy atom. The molecule has 1 aliphatic carbocycles. The smallest absolute Gasteiger partial charge is 0.0187 e. The third-order valence-corrected chi connectivity index (χ3v) is 5.75. The molecule has 3 unspecified atom stereocenters. The van der Waals surface area contributed by atoms with E-state index in [1.165, 1.54) is 40.8 Å². The van der Waals surface area contributed by atoms with E-state index in [-0.39, 0.29) is 0 Å². The van der Waals surface area contributed by atoms with Gasteiger partial charge in [0.2, 0.25) is 0 Å². The number of halogens is 1. The van der Waals surface area contributed by atoms with Crippen molar-refractivity contribution in [3.05, 3.63) is 28.7 Å². The average molecular weight is 342 g/mol.